The topological polar surface area (TPSA) is 69.6 Å². The quantitative estimate of drug-likeness (QED) is 0.457. The molecule has 9 heteroatoms. The summed E-state index contributed by atoms with van der Waals surface area (Å²) >= 11 is 0. The van der Waals surface area contributed by atoms with Gasteiger partial charge in [0.1, 0.15) is 11.6 Å². The summed E-state index contributed by atoms with van der Waals surface area (Å²) in [5.74, 6) is -3.43. The average molecular weight is 453 g/mol. The van der Waals surface area contributed by atoms with Crippen LogP contribution in [0.4, 0.5) is 22.0 Å². The van der Waals surface area contributed by atoms with Crippen LogP contribution in [0.3, 0.4) is 0 Å². The summed E-state index contributed by atoms with van der Waals surface area (Å²) in [7, 11) is 0. The number of hydrogen-bond acceptors (Lipinski definition) is 3. The molecule has 0 bridgehead atoms. The van der Waals surface area contributed by atoms with Crippen molar-refractivity contribution in [3.63, 3.8) is 0 Å². The van der Waals surface area contributed by atoms with Crippen LogP contribution in [0.25, 0.3) is 11.1 Å². The number of benzene rings is 3. The highest BCUT2D eigenvalue weighted by Crippen LogP contribution is 2.25. The summed E-state index contributed by atoms with van der Waals surface area (Å²) in [6.45, 7) is 0.470. The molecular weight excluding hydrogens is 433 g/mol. The molecule has 0 radical (unpaired) electrons. The normalized spacial score (nSPS) is 10.9. The summed E-state index contributed by atoms with van der Waals surface area (Å²) in [4.78, 5) is 8.90. The van der Waals surface area contributed by atoms with Crippen molar-refractivity contribution in [1.82, 2.24) is 5.32 Å². The van der Waals surface area contributed by atoms with E-state index in [4.69, 9.17) is 9.90 Å². The molecule has 0 heterocycles. The Morgan fingerprint density at radius 1 is 0.844 bits per heavy atom. The monoisotopic (exact) mass is 453 g/mol. The Hall–Kier alpha value is -3.30. The van der Waals surface area contributed by atoms with Gasteiger partial charge in [0.25, 0.3) is 0 Å². The third-order valence-electron chi connectivity index (χ3n) is 4.30. The van der Waals surface area contributed by atoms with E-state index < -0.39 is 18.0 Å². The predicted molar refractivity (Wildman–Crippen MR) is 108 cm³/mol. The second-order valence-electron chi connectivity index (χ2n) is 6.67. The number of rotatable bonds is 6. The molecule has 3 rings (SSSR count). The summed E-state index contributed by atoms with van der Waals surface area (Å²) in [5.41, 5.74) is 3.53. The van der Waals surface area contributed by atoms with Crippen LogP contribution in [-0.2, 0) is 24.5 Å². The van der Waals surface area contributed by atoms with Crippen molar-refractivity contribution in [3.05, 3.63) is 95.1 Å². The molecule has 0 aliphatic heterocycles. The molecule has 0 saturated carbocycles. The first-order valence-corrected chi connectivity index (χ1v) is 9.34. The molecule has 0 amide bonds. The van der Waals surface area contributed by atoms with Crippen molar-refractivity contribution in [2.45, 2.75) is 25.9 Å². The molecular formula is C23H20F5NO3. The van der Waals surface area contributed by atoms with Gasteiger partial charge in [-0.2, -0.15) is 13.2 Å². The number of alkyl halides is 3. The van der Waals surface area contributed by atoms with Gasteiger partial charge in [-0.15, -0.1) is 0 Å². The summed E-state index contributed by atoms with van der Waals surface area (Å²) in [6, 6.07) is 19.3. The minimum Gasteiger partial charge on any atom is -0.475 e. The molecule has 0 fully saturated rings. The van der Waals surface area contributed by atoms with E-state index in [0.717, 1.165) is 16.7 Å². The molecule has 0 spiro atoms. The molecule has 0 aliphatic rings. The van der Waals surface area contributed by atoms with E-state index in [-0.39, 0.29) is 18.0 Å². The molecule has 170 valence electrons. The Morgan fingerprint density at radius 2 is 1.41 bits per heavy atom. The SMILES string of the molecule is O=C(O)C(F)(F)F.OCc1cc(-c2ccccc2)cc(CNCc2ccc(F)cc2)c1F. The molecule has 0 aliphatic carbocycles. The van der Waals surface area contributed by atoms with E-state index in [1.54, 1.807) is 24.3 Å². The molecule has 4 nitrogen and oxygen atoms in total. The number of aliphatic hydroxyl groups excluding tert-OH is 1. The van der Waals surface area contributed by atoms with E-state index in [1.807, 2.05) is 30.3 Å². The Morgan fingerprint density at radius 3 is 1.94 bits per heavy atom. The van der Waals surface area contributed by atoms with Crippen LogP contribution < -0.4 is 5.32 Å². The van der Waals surface area contributed by atoms with Crippen molar-refractivity contribution in [2.75, 3.05) is 0 Å². The smallest absolute Gasteiger partial charge is 0.475 e. The van der Waals surface area contributed by atoms with Crippen molar-refractivity contribution in [3.8, 4) is 11.1 Å². The van der Waals surface area contributed by atoms with Gasteiger partial charge in [-0.3, -0.25) is 0 Å². The Labute approximate surface area is 181 Å². The van der Waals surface area contributed by atoms with Crippen LogP contribution in [0.2, 0.25) is 0 Å². The maximum absolute atomic E-state index is 14.5. The zero-order valence-corrected chi connectivity index (χ0v) is 16.7. The highest BCUT2D eigenvalue weighted by molar-refractivity contribution is 5.73. The zero-order chi connectivity index (χ0) is 23.7. The zero-order valence-electron chi connectivity index (χ0n) is 16.7. The second-order valence-corrected chi connectivity index (χ2v) is 6.67. The van der Waals surface area contributed by atoms with E-state index in [0.29, 0.717) is 18.7 Å². The van der Waals surface area contributed by atoms with Crippen LogP contribution >= 0.6 is 0 Å². The molecule has 3 N–H and O–H groups in total. The summed E-state index contributed by atoms with van der Waals surface area (Å²) in [6.07, 6.45) is -5.08. The molecule has 3 aromatic rings. The fourth-order valence-corrected chi connectivity index (χ4v) is 2.73. The number of aliphatic hydroxyl groups is 1. The molecule has 0 unspecified atom stereocenters. The minimum absolute atomic E-state index is 0.278. The number of carboxylic acids is 1. The van der Waals surface area contributed by atoms with Gasteiger partial charge in [0.05, 0.1) is 6.61 Å². The fraction of sp³-hybridized carbons (Fsp3) is 0.174. The van der Waals surface area contributed by atoms with Crippen molar-refractivity contribution < 1.29 is 37.0 Å². The van der Waals surface area contributed by atoms with Gasteiger partial charge in [0.15, 0.2) is 0 Å². The maximum Gasteiger partial charge on any atom is 0.490 e. The minimum atomic E-state index is -5.08. The van der Waals surface area contributed by atoms with Gasteiger partial charge >= 0.3 is 12.1 Å². The summed E-state index contributed by atoms with van der Waals surface area (Å²) < 4.78 is 59.2. The number of hydrogen-bond donors (Lipinski definition) is 3. The molecule has 0 saturated heterocycles. The van der Waals surface area contributed by atoms with Crippen LogP contribution in [0.15, 0.2) is 66.7 Å². The first-order chi connectivity index (χ1) is 15.1. The van der Waals surface area contributed by atoms with Crippen LogP contribution in [-0.4, -0.2) is 22.4 Å². The highest BCUT2D eigenvalue weighted by Gasteiger charge is 2.38. The molecule has 32 heavy (non-hydrogen) atoms. The van der Waals surface area contributed by atoms with Crippen LogP contribution in [0.5, 0.6) is 0 Å². The number of nitrogens with one attached hydrogen (secondary N) is 1. The third kappa shape index (κ3) is 7.44. The summed E-state index contributed by atoms with van der Waals surface area (Å²) in [5, 5.41) is 19.7. The Balaban J connectivity index is 0.000000451. The lowest BCUT2D eigenvalue weighted by molar-refractivity contribution is -0.192. The lowest BCUT2D eigenvalue weighted by Gasteiger charge is -2.12. The largest absolute Gasteiger partial charge is 0.490 e. The Kier molecular flexibility index (Phi) is 8.86. The van der Waals surface area contributed by atoms with Crippen LogP contribution in [0.1, 0.15) is 16.7 Å². The second kappa shape index (κ2) is 11.4. The number of halogens is 5. The average Bonchev–Trinajstić information content (AvgIpc) is 2.76. The van der Waals surface area contributed by atoms with Gasteiger partial charge in [0, 0.05) is 24.2 Å². The standard InChI is InChI=1S/C21H19F2NO.C2HF3O2/c22-20-8-6-15(7-9-20)12-24-13-18-10-17(11-19(14-25)21(18)23)16-4-2-1-3-5-16;3-2(4,5)1(6)7/h1-11,24-25H,12-14H2;(H,6,7). The van der Waals surface area contributed by atoms with Gasteiger partial charge in [0.2, 0.25) is 0 Å². The first-order valence-electron chi connectivity index (χ1n) is 9.34. The van der Waals surface area contributed by atoms with Crippen molar-refractivity contribution in [1.29, 1.82) is 0 Å². The van der Waals surface area contributed by atoms with E-state index in [9.17, 15) is 27.1 Å². The number of carbonyl (C=O) groups is 1. The van der Waals surface area contributed by atoms with Crippen molar-refractivity contribution in [2.24, 2.45) is 0 Å². The predicted octanol–water partition coefficient (Wildman–Crippen LogP) is 5.05. The van der Waals surface area contributed by atoms with E-state index in [1.165, 1.54) is 12.1 Å². The first kappa shape index (κ1) is 25.0. The molecule has 0 atom stereocenters. The van der Waals surface area contributed by atoms with Gasteiger partial charge < -0.3 is 15.5 Å². The fourth-order valence-electron chi connectivity index (χ4n) is 2.73. The maximum atomic E-state index is 14.5. The van der Waals surface area contributed by atoms with Crippen molar-refractivity contribution >= 4 is 5.97 Å². The van der Waals surface area contributed by atoms with Gasteiger partial charge in [-0.1, -0.05) is 42.5 Å². The van der Waals surface area contributed by atoms with Gasteiger partial charge in [-0.05, 0) is 41.0 Å². The van der Waals surface area contributed by atoms with E-state index >= 15 is 0 Å². The lowest BCUT2D eigenvalue weighted by atomic mass is 9.99. The van der Waals surface area contributed by atoms with E-state index in [2.05, 4.69) is 5.32 Å². The molecule has 3 aromatic carbocycles. The van der Waals surface area contributed by atoms with Crippen LogP contribution in [0, 0.1) is 11.6 Å². The Bertz CT molecular complexity index is 1020. The van der Waals surface area contributed by atoms with Gasteiger partial charge in [-0.25, -0.2) is 13.6 Å². The lowest BCUT2D eigenvalue weighted by Crippen LogP contribution is -2.21. The number of aliphatic carboxylic acids is 1. The number of carboxylic acid groups (broad SMARTS) is 1. The highest BCUT2D eigenvalue weighted by atomic mass is 19.4. The third-order valence-corrected chi connectivity index (χ3v) is 4.30. The molecule has 0 aromatic heterocycles.